The average Bonchev–Trinajstić information content (AvgIpc) is 3.25. The van der Waals surface area contributed by atoms with E-state index in [0.717, 1.165) is 0 Å². The van der Waals surface area contributed by atoms with Crippen molar-refractivity contribution in [2.45, 2.75) is 50.9 Å². The molecule has 0 saturated heterocycles. The first-order chi connectivity index (χ1) is 19.3. The summed E-state index contributed by atoms with van der Waals surface area (Å²) in [6.07, 6.45) is -0.679. The number of benzene rings is 2. The molecule has 2 amide bonds. The van der Waals surface area contributed by atoms with Gasteiger partial charge in [0, 0.05) is 23.1 Å². The number of Topliss-reactive ketones (excluding diaryl/α,β-unsaturated/α-hetero) is 1. The number of aromatic nitrogens is 1. The summed E-state index contributed by atoms with van der Waals surface area (Å²) in [4.78, 5) is 29.6. The Bertz CT molecular complexity index is 1440. The van der Waals surface area contributed by atoms with Crippen LogP contribution in [0.5, 0.6) is 17.2 Å². The van der Waals surface area contributed by atoms with Crippen LogP contribution in [0.2, 0.25) is 0 Å². The van der Waals surface area contributed by atoms with Crippen LogP contribution in [0.4, 0.5) is 9.18 Å². The van der Waals surface area contributed by atoms with Gasteiger partial charge in [0.15, 0.2) is 23.0 Å². The van der Waals surface area contributed by atoms with Crippen molar-refractivity contribution in [1.29, 1.82) is 0 Å². The second-order valence-corrected chi connectivity index (χ2v) is 10.6. The van der Waals surface area contributed by atoms with Gasteiger partial charge < -0.3 is 35.5 Å². The summed E-state index contributed by atoms with van der Waals surface area (Å²) >= 11 is 0. The number of primary amides is 1. The third-order valence-corrected chi connectivity index (χ3v) is 6.95. The van der Waals surface area contributed by atoms with Crippen LogP contribution in [-0.2, 0) is 11.1 Å². The lowest BCUT2D eigenvalue weighted by molar-refractivity contribution is 0.0396. The molecule has 2 aromatic carbocycles. The van der Waals surface area contributed by atoms with E-state index >= 15 is 0 Å². The minimum absolute atomic E-state index is 0.0177. The molecule has 1 aromatic heterocycles. The Kier molecular flexibility index (Phi) is 8.50. The number of nitrogens with zero attached hydrogens (tertiary/aromatic N) is 1. The fourth-order valence-corrected chi connectivity index (χ4v) is 4.64. The quantitative estimate of drug-likeness (QED) is 0.255. The van der Waals surface area contributed by atoms with Gasteiger partial charge in [0.05, 0.1) is 18.9 Å². The van der Waals surface area contributed by atoms with E-state index in [2.05, 4.69) is 10.3 Å². The number of aliphatic hydroxyl groups is 2. The van der Waals surface area contributed by atoms with Crippen LogP contribution in [0, 0.1) is 5.82 Å². The standard InChI is InChI=1S/C30H34FN3O7/c1-17(35)15-40-23-10-7-19(13-24(23)39-4)22(36)11-12-30(3,38)25-14-21-27(41-16-29(21,2)34-28(32)37)26(33-25)18-5-8-20(31)9-6-18/h5-10,13-14,17,35,38H,11-12,15-16H2,1-4H3,(H3,32,34,37)/t17-,29-,30-/m1/s1. The number of hydrogen-bond donors (Lipinski definition) is 4. The number of fused-ring (bicyclic) bond motifs is 1. The van der Waals surface area contributed by atoms with Crippen molar-refractivity contribution in [3.8, 4) is 28.5 Å². The highest BCUT2D eigenvalue weighted by Crippen LogP contribution is 2.45. The summed E-state index contributed by atoms with van der Waals surface area (Å²) in [5.74, 6) is 0.450. The fourth-order valence-electron chi connectivity index (χ4n) is 4.64. The first-order valence-electron chi connectivity index (χ1n) is 13.1. The van der Waals surface area contributed by atoms with Crippen molar-refractivity contribution >= 4 is 11.8 Å². The van der Waals surface area contributed by atoms with Crippen LogP contribution in [0.15, 0.2) is 48.5 Å². The maximum atomic E-state index is 13.7. The summed E-state index contributed by atoms with van der Waals surface area (Å²) in [7, 11) is 1.45. The Balaban J connectivity index is 1.63. The molecule has 1 aliphatic rings. The number of carbonyl (C=O) groups is 2. The smallest absolute Gasteiger partial charge is 0.312 e. The normalized spacial score (nSPS) is 18.0. The van der Waals surface area contributed by atoms with Crippen molar-refractivity contribution in [1.82, 2.24) is 10.3 Å². The second kappa shape index (κ2) is 11.7. The van der Waals surface area contributed by atoms with Gasteiger partial charge in [-0.15, -0.1) is 0 Å². The van der Waals surface area contributed by atoms with Crippen LogP contribution in [0.25, 0.3) is 11.3 Å². The molecule has 0 bridgehead atoms. The number of halogens is 1. The van der Waals surface area contributed by atoms with Gasteiger partial charge in [-0.1, -0.05) is 0 Å². The first kappa shape index (κ1) is 29.8. The SMILES string of the molecule is COc1cc(C(=O)CC[C@@](C)(O)c2cc3c(c(-c4ccc(F)cc4)n2)OC[C@@]3(C)NC(N)=O)ccc1OC[C@@H](C)O. The maximum Gasteiger partial charge on any atom is 0.312 e. The Morgan fingerprint density at radius 3 is 2.56 bits per heavy atom. The van der Waals surface area contributed by atoms with Gasteiger partial charge in [-0.2, -0.15) is 0 Å². The number of aliphatic hydroxyl groups excluding tert-OH is 1. The lowest BCUT2D eigenvalue weighted by Crippen LogP contribution is -2.47. The lowest BCUT2D eigenvalue weighted by atomic mass is 9.87. The molecule has 218 valence electrons. The highest BCUT2D eigenvalue weighted by Gasteiger charge is 2.41. The molecule has 0 fully saturated rings. The zero-order chi connectivity index (χ0) is 29.9. The van der Waals surface area contributed by atoms with Crippen molar-refractivity contribution in [2.75, 3.05) is 20.3 Å². The van der Waals surface area contributed by atoms with Crippen LogP contribution >= 0.6 is 0 Å². The molecule has 41 heavy (non-hydrogen) atoms. The molecule has 11 heteroatoms. The van der Waals surface area contributed by atoms with Gasteiger partial charge in [0.25, 0.3) is 0 Å². The van der Waals surface area contributed by atoms with Gasteiger partial charge in [0.2, 0.25) is 0 Å². The number of ether oxygens (including phenoxy) is 3. The number of nitrogens with one attached hydrogen (secondary N) is 1. The number of urea groups is 1. The zero-order valence-electron chi connectivity index (χ0n) is 23.4. The largest absolute Gasteiger partial charge is 0.493 e. The lowest BCUT2D eigenvalue weighted by Gasteiger charge is -2.27. The summed E-state index contributed by atoms with van der Waals surface area (Å²) in [5, 5.41) is 23.7. The van der Waals surface area contributed by atoms with Crippen LogP contribution in [0.1, 0.15) is 55.2 Å². The number of hydrogen-bond acceptors (Lipinski definition) is 8. The molecule has 0 spiro atoms. The van der Waals surface area contributed by atoms with Crippen molar-refractivity contribution in [3.05, 3.63) is 71.2 Å². The highest BCUT2D eigenvalue weighted by molar-refractivity contribution is 5.96. The number of nitrogens with two attached hydrogens (primary N) is 1. The van der Waals surface area contributed by atoms with Crippen molar-refractivity contribution < 1.29 is 38.4 Å². The van der Waals surface area contributed by atoms with E-state index in [1.54, 1.807) is 57.2 Å². The van der Waals surface area contributed by atoms with Gasteiger partial charge in [-0.25, -0.2) is 14.2 Å². The van der Waals surface area contributed by atoms with E-state index in [1.807, 2.05) is 0 Å². The first-order valence-corrected chi connectivity index (χ1v) is 13.1. The molecule has 0 saturated carbocycles. The molecule has 2 heterocycles. The number of amides is 2. The molecule has 0 unspecified atom stereocenters. The minimum atomic E-state index is -1.57. The Morgan fingerprint density at radius 2 is 1.93 bits per heavy atom. The Hall–Kier alpha value is -4.22. The van der Waals surface area contributed by atoms with Gasteiger partial charge in [0.1, 0.15) is 35.9 Å². The molecule has 4 rings (SSSR count). The van der Waals surface area contributed by atoms with E-state index in [1.165, 1.54) is 19.2 Å². The van der Waals surface area contributed by atoms with Crippen LogP contribution in [-0.4, -0.2) is 53.4 Å². The predicted molar refractivity (Wildman–Crippen MR) is 149 cm³/mol. The Morgan fingerprint density at radius 1 is 1.22 bits per heavy atom. The summed E-state index contributed by atoms with van der Waals surface area (Å²) < 4.78 is 30.4. The number of methoxy groups -OCH3 is 1. The van der Waals surface area contributed by atoms with E-state index in [-0.39, 0.29) is 37.5 Å². The minimum Gasteiger partial charge on any atom is -0.493 e. The fraction of sp³-hybridized carbons (Fsp3) is 0.367. The van der Waals surface area contributed by atoms with Crippen LogP contribution in [0.3, 0.4) is 0 Å². The Labute approximate surface area is 237 Å². The average molecular weight is 568 g/mol. The third kappa shape index (κ3) is 6.58. The number of pyridine rings is 1. The molecular formula is C30H34FN3O7. The van der Waals surface area contributed by atoms with E-state index in [0.29, 0.717) is 39.6 Å². The van der Waals surface area contributed by atoms with Gasteiger partial charge >= 0.3 is 6.03 Å². The number of carbonyl (C=O) groups excluding carboxylic acids is 2. The van der Waals surface area contributed by atoms with E-state index < -0.39 is 29.1 Å². The third-order valence-electron chi connectivity index (χ3n) is 6.95. The predicted octanol–water partition coefficient (Wildman–Crippen LogP) is 3.80. The summed E-state index contributed by atoms with van der Waals surface area (Å²) in [6, 6.07) is 11.3. The number of rotatable bonds is 11. The van der Waals surface area contributed by atoms with Crippen molar-refractivity contribution in [2.24, 2.45) is 5.73 Å². The van der Waals surface area contributed by atoms with Gasteiger partial charge in [-0.05, 0) is 75.7 Å². The summed E-state index contributed by atoms with van der Waals surface area (Å²) in [6.45, 7) is 5.02. The zero-order valence-corrected chi connectivity index (χ0v) is 23.4. The van der Waals surface area contributed by atoms with Crippen molar-refractivity contribution in [3.63, 3.8) is 0 Å². The molecule has 0 radical (unpaired) electrons. The topological polar surface area (TPSA) is 153 Å². The van der Waals surface area contributed by atoms with E-state index in [4.69, 9.17) is 19.9 Å². The summed E-state index contributed by atoms with van der Waals surface area (Å²) in [5.41, 5.74) is 4.90. The van der Waals surface area contributed by atoms with E-state index in [9.17, 15) is 24.2 Å². The molecule has 0 aliphatic carbocycles. The highest BCUT2D eigenvalue weighted by atomic mass is 19.1. The monoisotopic (exact) mass is 567 g/mol. The van der Waals surface area contributed by atoms with Gasteiger partial charge in [-0.3, -0.25) is 4.79 Å². The molecule has 10 nitrogen and oxygen atoms in total. The molecular weight excluding hydrogens is 533 g/mol. The molecule has 3 atom stereocenters. The molecule has 1 aliphatic heterocycles. The maximum absolute atomic E-state index is 13.7. The van der Waals surface area contributed by atoms with Crippen LogP contribution < -0.4 is 25.3 Å². The number of ketones is 1. The molecule has 5 N–H and O–H groups in total. The second-order valence-electron chi connectivity index (χ2n) is 10.6. The molecule has 3 aromatic rings.